The molecular weight excluding hydrogens is 357 g/mol. The Labute approximate surface area is 134 Å². The van der Waals surface area contributed by atoms with Crippen molar-refractivity contribution in [2.24, 2.45) is 0 Å². The molecule has 0 bridgehead atoms. The molecule has 0 aliphatic rings. The van der Waals surface area contributed by atoms with Gasteiger partial charge in [-0.15, -0.1) is 11.6 Å². The highest BCUT2D eigenvalue weighted by Gasteiger charge is 2.13. The zero-order chi connectivity index (χ0) is 14.8. The van der Waals surface area contributed by atoms with Gasteiger partial charge in [0.15, 0.2) is 0 Å². The Bertz CT molecular complexity index is 773. The lowest BCUT2D eigenvalue weighted by molar-refractivity contribution is 0.620. The van der Waals surface area contributed by atoms with Gasteiger partial charge in [-0.25, -0.2) is 9.37 Å². The van der Waals surface area contributed by atoms with Gasteiger partial charge >= 0.3 is 0 Å². The number of benzene rings is 1. The molecule has 0 unspecified atom stereocenters. The van der Waals surface area contributed by atoms with E-state index in [4.69, 9.17) is 11.6 Å². The zero-order valence-electron chi connectivity index (χ0n) is 11.1. The van der Waals surface area contributed by atoms with Crippen molar-refractivity contribution in [3.63, 3.8) is 0 Å². The average molecular weight is 369 g/mol. The van der Waals surface area contributed by atoms with E-state index in [-0.39, 0.29) is 5.82 Å². The van der Waals surface area contributed by atoms with Crippen LogP contribution < -0.4 is 0 Å². The lowest BCUT2D eigenvalue weighted by atomic mass is 10.2. The van der Waals surface area contributed by atoms with Gasteiger partial charge in [0.2, 0.25) is 0 Å². The second kappa shape index (κ2) is 6.12. The Morgan fingerprint density at radius 3 is 2.90 bits per heavy atom. The predicted octanol–water partition coefficient (Wildman–Crippen LogP) is 4.31. The molecule has 0 saturated carbocycles. The number of nitrogens with zero attached hydrogens (tertiary/aromatic N) is 3. The summed E-state index contributed by atoms with van der Waals surface area (Å²) in [4.78, 5) is 8.56. The SMILES string of the molecule is Fc1cc2c(cc1Br)nc(CCl)n2CCc1cccnc1. The summed E-state index contributed by atoms with van der Waals surface area (Å²) in [6.07, 6.45) is 4.37. The van der Waals surface area contributed by atoms with Crippen molar-refractivity contribution in [2.45, 2.75) is 18.8 Å². The van der Waals surface area contributed by atoms with Crippen LogP contribution in [0.3, 0.4) is 0 Å². The largest absolute Gasteiger partial charge is 0.327 e. The van der Waals surface area contributed by atoms with Crippen LogP contribution in [0.2, 0.25) is 0 Å². The summed E-state index contributed by atoms with van der Waals surface area (Å²) < 4.78 is 16.1. The van der Waals surface area contributed by atoms with Crippen LogP contribution in [0.5, 0.6) is 0 Å². The topological polar surface area (TPSA) is 30.7 Å². The fraction of sp³-hybridized carbons (Fsp3) is 0.200. The number of hydrogen-bond donors (Lipinski definition) is 0. The molecule has 3 rings (SSSR count). The summed E-state index contributed by atoms with van der Waals surface area (Å²) in [6, 6.07) is 7.09. The number of fused-ring (bicyclic) bond motifs is 1. The Morgan fingerprint density at radius 2 is 2.19 bits per heavy atom. The minimum Gasteiger partial charge on any atom is -0.327 e. The maximum atomic E-state index is 13.8. The van der Waals surface area contributed by atoms with E-state index in [0.717, 1.165) is 28.8 Å². The highest BCUT2D eigenvalue weighted by atomic mass is 79.9. The quantitative estimate of drug-likeness (QED) is 0.642. The third kappa shape index (κ3) is 2.94. The smallest absolute Gasteiger partial charge is 0.139 e. The van der Waals surface area contributed by atoms with Gasteiger partial charge in [-0.2, -0.15) is 0 Å². The van der Waals surface area contributed by atoms with Crippen molar-refractivity contribution in [1.82, 2.24) is 14.5 Å². The van der Waals surface area contributed by atoms with Crippen molar-refractivity contribution in [1.29, 1.82) is 0 Å². The molecule has 0 saturated heterocycles. The number of aryl methyl sites for hydroxylation is 2. The fourth-order valence-electron chi connectivity index (χ4n) is 2.31. The van der Waals surface area contributed by atoms with Crippen LogP contribution in [0.15, 0.2) is 41.1 Å². The van der Waals surface area contributed by atoms with Crippen molar-refractivity contribution in [2.75, 3.05) is 0 Å². The molecule has 0 radical (unpaired) electrons. The summed E-state index contributed by atoms with van der Waals surface area (Å²) in [6.45, 7) is 0.686. The highest BCUT2D eigenvalue weighted by Crippen LogP contribution is 2.25. The normalized spacial score (nSPS) is 11.2. The van der Waals surface area contributed by atoms with Crippen LogP contribution >= 0.6 is 27.5 Å². The van der Waals surface area contributed by atoms with E-state index in [9.17, 15) is 4.39 Å². The van der Waals surface area contributed by atoms with Gasteiger partial charge in [0.25, 0.3) is 0 Å². The highest BCUT2D eigenvalue weighted by molar-refractivity contribution is 9.10. The van der Waals surface area contributed by atoms with Crippen LogP contribution in [0, 0.1) is 5.82 Å². The fourth-order valence-corrected chi connectivity index (χ4v) is 2.84. The van der Waals surface area contributed by atoms with E-state index in [1.165, 1.54) is 6.07 Å². The zero-order valence-corrected chi connectivity index (χ0v) is 13.4. The summed E-state index contributed by atoms with van der Waals surface area (Å²) in [5, 5.41) is 0. The van der Waals surface area contributed by atoms with Crippen molar-refractivity contribution < 1.29 is 4.39 Å². The molecule has 0 fully saturated rings. The summed E-state index contributed by atoms with van der Waals surface area (Å²) >= 11 is 9.15. The summed E-state index contributed by atoms with van der Waals surface area (Å²) in [5.74, 6) is 0.736. The molecule has 0 spiro atoms. The number of imidazole rings is 1. The molecule has 3 aromatic rings. The van der Waals surface area contributed by atoms with E-state index in [1.807, 2.05) is 22.9 Å². The van der Waals surface area contributed by atoms with Crippen molar-refractivity contribution in [3.8, 4) is 0 Å². The van der Waals surface area contributed by atoms with Crippen molar-refractivity contribution in [3.05, 3.63) is 58.3 Å². The Balaban J connectivity index is 1.98. The van der Waals surface area contributed by atoms with Crippen LogP contribution in [0.4, 0.5) is 4.39 Å². The summed E-state index contributed by atoms with van der Waals surface area (Å²) in [7, 11) is 0. The number of hydrogen-bond acceptors (Lipinski definition) is 2. The number of alkyl halides is 1. The average Bonchev–Trinajstić information content (AvgIpc) is 2.83. The van der Waals surface area contributed by atoms with Crippen LogP contribution in [0.25, 0.3) is 11.0 Å². The molecule has 6 heteroatoms. The number of aromatic nitrogens is 3. The second-order valence-corrected chi connectivity index (χ2v) is 5.80. The van der Waals surface area contributed by atoms with Gasteiger partial charge < -0.3 is 4.57 Å². The van der Waals surface area contributed by atoms with Crippen LogP contribution in [-0.4, -0.2) is 14.5 Å². The molecular formula is C15H12BrClFN3. The Morgan fingerprint density at radius 1 is 1.33 bits per heavy atom. The van der Waals surface area contributed by atoms with Gasteiger partial charge in [0, 0.05) is 25.0 Å². The first-order valence-electron chi connectivity index (χ1n) is 6.48. The molecule has 1 aromatic carbocycles. The second-order valence-electron chi connectivity index (χ2n) is 4.68. The third-order valence-electron chi connectivity index (χ3n) is 3.34. The maximum absolute atomic E-state index is 13.8. The molecule has 3 nitrogen and oxygen atoms in total. The lowest BCUT2D eigenvalue weighted by Crippen LogP contribution is -2.05. The first kappa shape index (κ1) is 14.5. The lowest BCUT2D eigenvalue weighted by Gasteiger charge is -2.08. The molecule has 0 aliphatic carbocycles. The van der Waals surface area contributed by atoms with Gasteiger partial charge in [0.05, 0.1) is 21.4 Å². The first-order valence-corrected chi connectivity index (χ1v) is 7.81. The Kier molecular flexibility index (Phi) is 4.22. The minimum absolute atomic E-state index is 0.293. The van der Waals surface area contributed by atoms with E-state index in [1.54, 1.807) is 12.3 Å². The minimum atomic E-state index is -0.300. The summed E-state index contributed by atoms with van der Waals surface area (Å²) in [5.41, 5.74) is 2.62. The molecule has 21 heavy (non-hydrogen) atoms. The van der Waals surface area contributed by atoms with E-state index < -0.39 is 0 Å². The number of halogens is 3. The predicted molar refractivity (Wildman–Crippen MR) is 84.9 cm³/mol. The third-order valence-corrected chi connectivity index (χ3v) is 4.18. The molecule has 0 aliphatic heterocycles. The van der Waals surface area contributed by atoms with Crippen molar-refractivity contribution >= 4 is 38.6 Å². The van der Waals surface area contributed by atoms with E-state index in [0.29, 0.717) is 16.9 Å². The molecule has 2 heterocycles. The monoisotopic (exact) mass is 367 g/mol. The Hall–Kier alpha value is -1.46. The van der Waals surface area contributed by atoms with E-state index in [2.05, 4.69) is 25.9 Å². The molecule has 0 atom stereocenters. The van der Waals surface area contributed by atoms with Crippen LogP contribution in [0.1, 0.15) is 11.4 Å². The standard InChI is InChI=1S/C15H12BrClFN3/c16-11-6-13-14(7-12(11)18)21(15(8-17)20-13)5-3-10-2-1-4-19-9-10/h1-2,4,6-7,9H,3,5,8H2. The molecule has 0 N–H and O–H groups in total. The van der Waals surface area contributed by atoms with Gasteiger partial charge in [-0.3, -0.25) is 4.98 Å². The van der Waals surface area contributed by atoms with Gasteiger partial charge in [-0.05, 0) is 40.0 Å². The van der Waals surface area contributed by atoms with Gasteiger partial charge in [0.1, 0.15) is 11.6 Å². The number of pyridine rings is 1. The van der Waals surface area contributed by atoms with Gasteiger partial charge in [-0.1, -0.05) is 6.07 Å². The number of rotatable bonds is 4. The molecule has 0 amide bonds. The molecule has 2 aromatic heterocycles. The van der Waals surface area contributed by atoms with Crippen LogP contribution in [-0.2, 0) is 18.8 Å². The maximum Gasteiger partial charge on any atom is 0.139 e. The van der Waals surface area contributed by atoms with E-state index >= 15 is 0 Å². The first-order chi connectivity index (χ1) is 10.2. The molecule has 108 valence electrons.